The SMILES string of the molecule is COc1c(Br)cc2c(c1-c1cc(C(=O)O)nn1C)CCCC2. The van der Waals surface area contributed by atoms with Crippen LogP contribution in [0.5, 0.6) is 5.75 Å². The van der Waals surface area contributed by atoms with E-state index in [9.17, 15) is 9.90 Å². The Morgan fingerprint density at radius 3 is 2.73 bits per heavy atom. The highest BCUT2D eigenvalue weighted by Crippen LogP contribution is 2.43. The topological polar surface area (TPSA) is 64.3 Å². The summed E-state index contributed by atoms with van der Waals surface area (Å²) in [4.78, 5) is 11.2. The van der Waals surface area contributed by atoms with Gasteiger partial charge >= 0.3 is 5.97 Å². The van der Waals surface area contributed by atoms with Gasteiger partial charge in [-0.2, -0.15) is 5.10 Å². The molecule has 0 spiro atoms. The predicted octanol–water partition coefficient (Wildman–Crippen LogP) is 3.44. The van der Waals surface area contributed by atoms with E-state index in [-0.39, 0.29) is 5.69 Å². The molecule has 1 aliphatic rings. The molecule has 1 aromatic carbocycles. The number of hydrogen-bond donors (Lipinski definition) is 1. The molecule has 0 saturated heterocycles. The van der Waals surface area contributed by atoms with Crippen LogP contribution in [0.4, 0.5) is 0 Å². The summed E-state index contributed by atoms with van der Waals surface area (Å²) in [5.74, 6) is -0.287. The second-order valence-corrected chi connectivity index (χ2v) is 6.31. The Labute approximate surface area is 137 Å². The van der Waals surface area contributed by atoms with Gasteiger partial charge in [-0.3, -0.25) is 4.68 Å². The largest absolute Gasteiger partial charge is 0.495 e. The number of halogens is 1. The van der Waals surface area contributed by atoms with Crippen LogP contribution in [0.1, 0.15) is 34.5 Å². The van der Waals surface area contributed by atoms with Crippen molar-refractivity contribution in [3.05, 3.63) is 33.4 Å². The molecule has 22 heavy (non-hydrogen) atoms. The van der Waals surface area contributed by atoms with Gasteiger partial charge < -0.3 is 9.84 Å². The van der Waals surface area contributed by atoms with E-state index in [1.54, 1.807) is 24.9 Å². The molecule has 2 aromatic rings. The van der Waals surface area contributed by atoms with Crippen molar-refractivity contribution in [1.82, 2.24) is 9.78 Å². The third-order valence-electron chi connectivity index (χ3n) is 4.12. The van der Waals surface area contributed by atoms with Gasteiger partial charge in [0.2, 0.25) is 0 Å². The van der Waals surface area contributed by atoms with Crippen LogP contribution in [-0.2, 0) is 19.9 Å². The number of rotatable bonds is 3. The lowest BCUT2D eigenvalue weighted by Crippen LogP contribution is -2.08. The molecule has 0 amide bonds. The Morgan fingerprint density at radius 2 is 2.09 bits per heavy atom. The van der Waals surface area contributed by atoms with Crippen LogP contribution in [0.2, 0.25) is 0 Å². The molecule has 1 N–H and O–H groups in total. The number of benzene rings is 1. The van der Waals surface area contributed by atoms with Crippen molar-refractivity contribution in [2.24, 2.45) is 7.05 Å². The quantitative estimate of drug-likeness (QED) is 0.905. The minimum absolute atomic E-state index is 0.0455. The van der Waals surface area contributed by atoms with Crippen LogP contribution in [0.15, 0.2) is 16.6 Å². The maximum Gasteiger partial charge on any atom is 0.356 e. The van der Waals surface area contributed by atoms with Crippen molar-refractivity contribution >= 4 is 21.9 Å². The van der Waals surface area contributed by atoms with E-state index in [4.69, 9.17) is 4.74 Å². The van der Waals surface area contributed by atoms with Gasteiger partial charge in [-0.25, -0.2) is 4.79 Å². The molecule has 116 valence electrons. The van der Waals surface area contributed by atoms with Crippen molar-refractivity contribution in [3.8, 4) is 17.0 Å². The first kappa shape index (κ1) is 15.1. The standard InChI is InChI=1S/C16H17BrN2O3/c1-19-13(8-12(18-19)16(20)21)14-10-6-4-3-5-9(10)7-11(17)15(14)22-2/h7-8H,3-6H2,1-2H3,(H,20,21). The third-order valence-corrected chi connectivity index (χ3v) is 4.71. The van der Waals surface area contributed by atoms with Gasteiger partial charge in [-0.1, -0.05) is 0 Å². The summed E-state index contributed by atoms with van der Waals surface area (Å²) in [6.45, 7) is 0. The van der Waals surface area contributed by atoms with Crippen molar-refractivity contribution in [3.63, 3.8) is 0 Å². The van der Waals surface area contributed by atoms with Gasteiger partial charge in [-0.15, -0.1) is 0 Å². The fourth-order valence-electron chi connectivity index (χ4n) is 3.12. The lowest BCUT2D eigenvalue weighted by Gasteiger charge is -2.23. The van der Waals surface area contributed by atoms with E-state index in [2.05, 4.69) is 27.1 Å². The van der Waals surface area contributed by atoms with Gasteiger partial charge in [-0.05, 0) is 64.9 Å². The number of nitrogens with zero attached hydrogens (tertiary/aromatic N) is 2. The lowest BCUT2D eigenvalue weighted by molar-refractivity contribution is 0.0689. The monoisotopic (exact) mass is 364 g/mol. The van der Waals surface area contributed by atoms with E-state index in [1.807, 2.05) is 0 Å². The highest BCUT2D eigenvalue weighted by Gasteiger charge is 2.24. The summed E-state index contributed by atoms with van der Waals surface area (Å²) in [7, 11) is 3.39. The molecule has 0 bridgehead atoms. The molecule has 0 aliphatic heterocycles. The van der Waals surface area contributed by atoms with E-state index in [0.717, 1.165) is 40.7 Å². The average Bonchev–Trinajstić information content (AvgIpc) is 2.87. The highest BCUT2D eigenvalue weighted by atomic mass is 79.9. The minimum Gasteiger partial charge on any atom is -0.495 e. The van der Waals surface area contributed by atoms with E-state index in [0.29, 0.717) is 0 Å². The van der Waals surface area contributed by atoms with E-state index in [1.165, 1.54) is 17.5 Å². The van der Waals surface area contributed by atoms with Crippen molar-refractivity contribution in [1.29, 1.82) is 0 Å². The molecule has 5 nitrogen and oxygen atoms in total. The van der Waals surface area contributed by atoms with Crippen molar-refractivity contribution < 1.29 is 14.6 Å². The van der Waals surface area contributed by atoms with E-state index < -0.39 is 5.97 Å². The highest BCUT2D eigenvalue weighted by molar-refractivity contribution is 9.10. The molecule has 1 aliphatic carbocycles. The number of aromatic carboxylic acids is 1. The Hall–Kier alpha value is -1.82. The molecule has 0 atom stereocenters. The Kier molecular flexibility index (Phi) is 3.95. The summed E-state index contributed by atoms with van der Waals surface area (Å²) in [5.41, 5.74) is 4.31. The molecule has 1 heterocycles. The summed E-state index contributed by atoms with van der Waals surface area (Å²) in [6.07, 6.45) is 4.32. The second-order valence-electron chi connectivity index (χ2n) is 5.45. The maximum absolute atomic E-state index is 11.2. The van der Waals surface area contributed by atoms with Crippen LogP contribution in [0.3, 0.4) is 0 Å². The zero-order valence-electron chi connectivity index (χ0n) is 12.5. The Bertz CT molecular complexity index is 752. The maximum atomic E-state index is 11.2. The van der Waals surface area contributed by atoms with Crippen LogP contribution >= 0.6 is 15.9 Å². The first-order valence-corrected chi connectivity index (χ1v) is 7.98. The molecular weight excluding hydrogens is 348 g/mol. The first-order valence-electron chi connectivity index (χ1n) is 7.19. The number of carbonyl (C=O) groups is 1. The van der Waals surface area contributed by atoms with Crippen molar-refractivity contribution in [2.75, 3.05) is 7.11 Å². The van der Waals surface area contributed by atoms with Crippen LogP contribution in [0.25, 0.3) is 11.3 Å². The number of aromatic nitrogens is 2. The number of carboxylic acids is 1. The predicted molar refractivity (Wildman–Crippen MR) is 86.5 cm³/mol. The fraction of sp³-hybridized carbons (Fsp3) is 0.375. The third kappa shape index (κ3) is 2.41. The van der Waals surface area contributed by atoms with Gasteiger partial charge in [0.05, 0.1) is 17.3 Å². The zero-order valence-corrected chi connectivity index (χ0v) is 14.1. The summed E-state index contributed by atoms with van der Waals surface area (Å²) in [5, 5.41) is 13.3. The second kappa shape index (κ2) is 5.76. The van der Waals surface area contributed by atoms with Gasteiger partial charge in [0.15, 0.2) is 5.69 Å². The number of carboxylic acid groups (broad SMARTS) is 1. The summed E-state index contributed by atoms with van der Waals surface area (Å²) >= 11 is 3.57. The Balaban J connectivity index is 2.29. The van der Waals surface area contributed by atoms with Gasteiger partial charge in [0.1, 0.15) is 5.75 Å². The number of ether oxygens (including phenoxy) is 1. The molecule has 0 unspecified atom stereocenters. The molecule has 6 heteroatoms. The molecule has 0 saturated carbocycles. The molecule has 1 aromatic heterocycles. The normalized spacial score (nSPS) is 13.8. The lowest BCUT2D eigenvalue weighted by atomic mass is 9.86. The summed E-state index contributed by atoms with van der Waals surface area (Å²) < 4.78 is 8.09. The average molecular weight is 365 g/mol. The molecule has 0 fully saturated rings. The molecular formula is C16H17BrN2O3. The Morgan fingerprint density at radius 1 is 1.36 bits per heavy atom. The number of methoxy groups -OCH3 is 1. The van der Waals surface area contributed by atoms with Crippen molar-refractivity contribution in [2.45, 2.75) is 25.7 Å². The van der Waals surface area contributed by atoms with Gasteiger partial charge in [0.25, 0.3) is 0 Å². The zero-order chi connectivity index (χ0) is 15.9. The molecule has 3 rings (SSSR count). The first-order chi connectivity index (χ1) is 10.5. The van der Waals surface area contributed by atoms with Crippen LogP contribution < -0.4 is 4.74 Å². The number of aryl methyl sites for hydroxylation is 2. The minimum atomic E-state index is -1.02. The van der Waals surface area contributed by atoms with Crippen LogP contribution in [-0.4, -0.2) is 28.0 Å². The fourth-order valence-corrected chi connectivity index (χ4v) is 3.76. The van der Waals surface area contributed by atoms with Crippen LogP contribution in [0, 0.1) is 0 Å². The molecule has 0 radical (unpaired) electrons. The van der Waals surface area contributed by atoms with E-state index >= 15 is 0 Å². The summed E-state index contributed by atoms with van der Waals surface area (Å²) in [6, 6.07) is 3.73. The number of hydrogen-bond acceptors (Lipinski definition) is 3. The smallest absolute Gasteiger partial charge is 0.356 e. The number of fused-ring (bicyclic) bond motifs is 1. The van der Waals surface area contributed by atoms with Gasteiger partial charge in [0, 0.05) is 12.6 Å².